The van der Waals surface area contributed by atoms with Gasteiger partial charge in [0, 0.05) is 13.1 Å². The van der Waals surface area contributed by atoms with Gasteiger partial charge in [0.1, 0.15) is 12.4 Å². The van der Waals surface area contributed by atoms with Gasteiger partial charge in [-0.3, -0.25) is 19.3 Å². The third kappa shape index (κ3) is 4.70. The molecule has 0 saturated heterocycles. The van der Waals surface area contributed by atoms with Crippen LogP contribution < -0.4 is 10.5 Å². The van der Waals surface area contributed by atoms with Gasteiger partial charge in [0.15, 0.2) is 0 Å². The largest absolute Gasteiger partial charge is 0.489 e. The number of nitrogen functional groups attached to an aromatic ring is 1. The topological polar surface area (TPSA) is 122 Å². The SMILES string of the molecule is CN(C)CCOCCOc1cc2c(cc1N)C(=O)N(CCC(=O)O)C2=O. The second kappa shape index (κ2) is 8.63. The molecule has 2 amide bonds. The lowest BCUT2D eigenvalue weighted by molar-refractivity contribution is -0.137. The third-order valence-corrected chi connectivity index (χ3v) is 3.82. The van der Waals surface area contributed by atoms with Crippen LogP contribution in [-0.2, 0) is 9.53 Å². The summed E-state index contributed by atoms with van der Waals surface area (Å²) in [6.07, 6.45) is -0.311. The van der Waals surface area contributed by atoms with Crippen LogP contribution in [0.5, 0.6) is 5.75 Å². The number of carboxylic acids is 1. The summed E-state index contributed by atoms with van der Waals surface area (Å²) < 4.78 is 11.0. The van der Waals surface area contributed by atoms with Crippen LogP contribution in [0.3, 0.4) is 0 Å². The number of carbonyl (C=O) groups excluding carboxylic acids is 2. The highest BCUT2D eigenvalue weighted by Crippen LogP contribution is 2.32. The fourth-order valence-corrected chi connectivity index (χ4v) is 2.43. The van der Waals surface area contributed by atoms with Crippen LogP contribution in [0, 0.1) is 0 Å². The molecule has 2 rings (SSSR count). The number of nitrogens with two attached hydrogens (primary N) is 1. The molecule has 0 bridgehead atoms. The van der Waals surface area contributed by atoms with Gasteiger partial charge in [-0.2, -0.15) is 0 Å². The van der Waals surface area contributed by atoms with E-state index < -0.39 is 17.8 Å². The number of fused-ring (bicyclic) bond motifs is 1. The smallest absolute Gasteiger partial charge is 0.305 e. The first-order valence-electron chi connectivity index (χ1n) is 8.18. The van der Waals surface area contributed by atoms with Crippen molar-refractivity contribution in [3.8, 4) is 5.75 Å². The standard InChI is InChI=1S/C17H23N3O6/c1-19(2)5-6-25-7-8-26-14-10-12-11(9-13(14)18)16(23)20(17(12)24)4-3-15(21)22/h9-10H,3-8,18H2,1-2H3,(H,21,22). The van der Waals surface area contributed by atoms with E-state index in [0.717, 1.165) is 11.4 Å². The normalized spacial score (nSPS) is 13.4. The number of rotatable bonds is 10. The lowest BCUT2D eigenvalue weighted by atomic mass is 10.1. The second-order valence-electron chi connectivity index (χ2n) is 6.11. The average molecular weight is 365 g/mol. The minimum atomic E-state index is -1.08. The van der Waals surface area contributed by atoms with E-state index in [1.54, 1.807) is 0 Å². The molecule has 0 fully saturated rings. The van der Waals surface area contributed by atoms with Crippen molar-refractivity contribution in [2.24, 2.45) is 0 Å². The summed E-state index contributed by atoms with van der Waals surface area (Å²) in [4.78, 5) is 38.2. The Morgan fingerprint density at radius 1 is 1.15 bits per heavy atom. The molecule has 0 aliphatic carbocycles. The molecule has 0 aromatic heterocycles. The van der Waals surface area contributed by atoms with Gasteiger partial charge in [-0.15, -0.1) is 0 Å². The van der Waals surface area contributed by atoms with Crippen molar-refractivity contribution < 1.29 is 29.0 Å². The van der Waals surface area contributed by atoms with Crippen LogP contribution in [0.15, 0.2) is 12.1 Å². The van der Waals surface area contributed by atoms with Gasteiger partial charge in [0.05, 0.1) is 36.4 Å². The molecular weight excluding hydrogens is 342 g/mol. The summed E-state index contributed by atoms with van der Waals surface area (Å²) >= 11 is 0. The van der Waals surface area contributed by atoms with Crippen molar-refractivity contribution in [3.63, 3.8) is 0 Å². The van der Waals surface area contributed by atoms with Crippen LogP contribution in [-0.4, -0.2) is 79.7 Å². The van der Waals surface area contributed by atoms with Crippen molar-refractivity contribution in [2.75, 3.05) is 52.7 Å². The molecule has 0 atom stereocenters. The van der Waals surface area contributed by atoms with E-state index in [1.807, 2.05) is 19.0 Å². The highest BCUT2D eigenvalue weighted by Gasteiger charge is 2.36. The fourth-order valence-electron chi connectivity index (χ4n) is 2.43. The number of anilines is 1. The van der Waals surface area contributed by atoms with Gasteiger partial charge < -0.3 is 25.2 Å². The number of carbonyl (C=O) groups is 3. The summed E-state index contributed by atoms with van der Waals surface area (Å²) in [7, 11) is 3.90. The zero-order chi connectivity index (χ0) is 19.3. The van der Waals surface area contributed by atoms with Crippen LogP contribution in [0.25, 0.3) is 0 Å². The van der Waals surface area contributed by atoms with Crippen LogP contribution in [0.2, 0.25) is 0 Å². The number of imide groups is 1. The van der Waals surface area contributed by atoms with E-state index in [1.165, 1.54) is 12.1 Å². The van der Waals surface area contributed by atoms with Gasteiger partial charge >= 0.3 is 5.97 Å². The Morgan fingerprint density at radius 2 is 1.81 bits per heavy atom. The molecular formula is C17H23N3O6. The second-order valence-corrected chi connectivity index (χ2v) is 6.11. The number of ether oxygens (including phenoxy) is 2. The zero-order valence-corrected chi connectivity index (χ0v) is 14.9. The fraction of sp³-hybridized carbons (Fsp3) is 0.471. The van der Waals surface area contributed by atoms with Crippen molar-refractivity contribution in [3.05, 3.63) is 23.3 Å². The van der Waals surface area contributed by atoms with Gasteiger partial charge in [0.2, 0.25) is 0 Å². The Morgan fingerprint density at radius 3 is 2.42 bits per heavy atom. The maximum absolute atomic E-state index is 12.3. The lowest BCUT2D eigenvalue weighted by Crippen LogP contribution is -2.31. The van der Waals surface area contributed by atoms with Crippen LogP contribution in [0.1, 0.15) is 27.1 Å². The molecule has 1 heterocycles. The summed E-state index contributed by atoms with van der Waals surface area (Å²) in [5.41, 5.74) is 6.46. The maximum Gasteiger partial charge on any atom is 0.305 e. The predicted molar refractivity (Wildman–Crippen MR) is 93.3 cm³/mol. The number of aliphatic carboxylic acids is 1. The third-order valence-electron chi connectivity index (χ3n) is 3.82. The Kier molecular flexibility index (Phi) is 6.53. The van der Waals surface area contributed by atoms with Crippen molar-refractivity contribution >= 4 is 23.5 Å². The highest BCUT2D eigenvalue weighted by molar-refractivity contribution is 6.22. The van der Waals surface area contributed by atoms with E-state index in [0.29, 0.717) is 19.0 Å². The number of benzene rings is 1. The number of carboxylic acid groups (broad SMARTS) is 1. The molecule has 1 aromatic carbocycles. The first-order valence-corrected chi connectivity index (χ1v) is 8.18. The Hall–Kier alpha value is -2.65. The first-order chi connectivity index (χ1) is 12.3. The predicted octanol–water partition coefficient (Wildman–Crippen LogP) is 0.297. The number of hydrogen-bond acceptors (Lipinski definition) is 7. The minimum absolute atomic E-state index is 0.160. The number of nitrogens with zero attached hydrogens (tertiary/aromatic N) is 2. The number of amides is 2. The molecule has 0 spiro atoms. The van der Waals surface area contributed by atoms with Gasteiger partial charge in [0.25, 0.3) is 11.8 Å². The molecule has 1 aliphatic rings. The molecule has 0 radical (unpaired) electrons. The van der Waals surface area contributed by atoms with Crippen LogP contribution in [0.4, 0.5) is 5.69 Å². The molecule has 0 saturated carbocycles. The van der Waals surface area contributed by atoms with Crippen molar-refractivity contribution in [1.82, 2.24) is 9.80 Å². The van der Waals surface area contributed by atoms with E-state index in [9.17, 15) is 14.4 Å². The molecule has 9 heteroatoms. The molecule has 142 valence electrons. The Labute approximate surface area is 151 Å². The first kappa shape index (κ1) is 19.7. The molecule has 9 nitrogen and oxygen atoms in total. The van der Waals surface area contributed by atoms with E-state index in [-0.39, 0.29) is 36.4 Å². The lowest BCUT2D eigenvalue weighted by Gasteiger charge is -2.12. The Balaban J connectivity index is 1.98. The molecule has 26 heavy (non-hydrogen) atoms. The number of likely N-dealkylation sites (N-methyl/N-ethyl adjacent to an activating group) is 1. The monoisotopic (exact) mass is 365 g/mol. The van der Waals surface area contributed by atoms with Gasteiger partial charge in [-0.1, -0.05) is 0 Å². The maximum atomic E-state index is 12.3. The van der Waals surface area contributed by atoms with E-state index in [4.69, 9.17) is 20.3 Å². The van der Waals surface area contributed by atoms with Crippen molar-refractivity contribution in [1.29, 1.82) is 0 Å². The summed E-state index contributed by atoms with van der Waals surface area (Å²) in [6, 6.07) is 2.81. The van der Waals surface area contributed by atoms with E-state index in [2.05, 4.69) is 0 Å². The zero-order valence-electron chi connectivity index (χ0n) is 14.9. The summed E-state index contributed by atoms with van der Waals surface area (Å²) in [5.74, 6) is -1.88. The Bertz CT molecular complexity index is 704. The van der Waals surface area contributed by atoms with Gasteiger partial charge in [-0.25, -0.2) is 0 Å². The quantitative estimate of drug-likeness (QED) is 0.345. The number of hydrogen-bond donors (Lipinski definition) is 2. The average Bonchev–Trinajstić information content (AvgIpc) is 2.79. The summed E-state index contributed by atoms with van der Waals surface area (Å²) in [5, 5.41) is 8.74. The van der Waals surface area contributed by atoms with Gasteiger partial charge in [-0.05, 0) is 26.2 Å². The molecule has 3 N–H and O–H groups in total. The highest BCUT2D eigenvalue weighted by atomic mass is 16.5. The van der Waals surface area contributed by atoms with E-state index >= 15 is 0 Å². The summed E-state index contributed by atoms with van der Waals surface area (Å²) in [6.45, 7) is 1.80. The molecule has 1 aromatic rings. The minimum Gasteiger partial charge on any atom is -0.489 e. The molecule has 0 unspecified atom stereocenters. The van der Waals surface area contributed by atoms with Crippen LogP contribution >= 0.6 is 0 Å². The molecule has 1 aliphatic heterocycles. The van der Waals surface area contributed by atoms with Crippen molar-refractivity contribution in [2.45, 2.75) is 6.42 Å².